The maximum atomic E-state index is 10.4. The summed E-state index contributed by atoms with van der Waals surface area (Å²) >= 11 is 0. The van der Waals surface area contributed by atoms with Gasteiger partial charge < -0.3 is 15.3 Å². The van der Waals surface area contributed by atoms with Gasteiger partial charge in [-0.1, -0.05) is 26.8 Å². The van der Waals surface area contributed by atoms with Crippen LogP contribution in [0.25, 0.3) is 0 Å². The number of rotatable bonds is 4. The topological polar surface area (TPSA) is 35.5 Å². The summed E-state index contributed by atoms with van der Waals surface area (Å²) in [6.45, 7) is 13.1. The van der Waals surface area contributed by atoms with Gasteiger partial charge in [0.2, 0.25) is 0 Å². The number of nitrogens with one attached hydrogen (secondary N) is 1. The smallest absolute Gasteiger partial charge is 0.122 e. The van der Waals surface area contributed by atoms with E-state index < -0.39 is 0 Å². The predicted octanol–water partition coefficient (Wildman–Crippen LogP) is 3.93. The zero-order valence-corrected chi connectivity index (χ0v) is 14.1. The number of phenols is 1. The molecule has 4 atom stereocenters. The van der Waals surface area contributed by atoms with Gasteiger partial charge in [0.1, 0.15) is 5.75 Å². The molecule has 0 saturated carbocycles. The van der Waals surface area contributed by atoms with Crippen LogP contribution in [-0.2, 0) is 0 Å². The fourth-order valence-corrected chi connectivity index (χ4v) is 3.55. The molecule has 2 rings (SSSR count). The van der Waals surface area contributed by atoms with Crippen LogP contribution in [0.2, 0.25) is 0 Å². The van der Waals surface area contributed by atoms with Crippen LogP contribution in [0.4, 0.5) is 5.69 Å². The Balaban J connectivity index is 2.23. The first-order valence-corrected chi connectivity index (χ1v) is 8.27. The number of phenolic OH excluding ortho intramolecular Hbond substituents is 1. The van der Waals surface area contributed by atoms with Gasteiger partial charge in [0.25, 0.3) is 0 Å². The van der Waals surface area contributed by atoms with E-state index in [1.807, 2.05) is 6.07 Å². The standard InChI is InChI=1S/C18H30N2O/c1-6-19-14(4)17-8-7-16(10-18(17)21)20-11-12(2)9-13(3)15(20)5/h7-8,10,12-15,19,21H,6,9,11H2,1-5H3. The molecule has 0 spiro atoms. The Bertz CT molecular complexity index is 474. The van der Waals surface area contributed by atoms with E-state index in [4.69, 9.17) is 0 Å². The second-order valence-corrected chi connectivity index (χ2v) is 6.73. The average molecular weight is 290 g/mol. The molecule has 2 N–H and O–H groups in total. The number of aromatic hydroxyl groups is 1. The Kier molecular flexibility index (Phi) is 5.15. The van der Waals surface area contributed by atoms with Crippen molar-refractivity contribution in [2.24, 2.45) is 11.8 Å². The summed E-state index contributed by atoms with van der Waals surface area (Å²) in [5, 5.41) is 13.7. The molecule has 1 aliphatic rings. The molecule has 0 aliphatic carbocycles. The largest absolute Gasteiger partial charge is 0.508 e. The van der Waals surface area contributed by atoms with Crippen molar-refractivity contribution in [3.8, 4) is 5.75 Å². The molecular weight excluding hydrogens is 260 g/mol. The highest BCUT2D eigenvalue weighted by Gasteiger charge is 2.29. The normalized spacial score (nSPS) is 27.7. The third-order valence-corrected chi connectivity index (χ3v) is 4.92. The Morgan fingerprint density at radius 1 is 1.33 bits per heavy atom. The van der Waals surface area contributed by atoms with Gasteiger partial charge in [-0.3, -0.25) is 0 Å². The van der Waals surface area contributed by atoms with Crippen LogP contribution in [0, 0.1) is 11.8 Å². The van der Waals surface area contributed by atoms with Gasteiger partial charge in [0, 0.05) is 35.9 Å². The molecule has 1 aliphatic heterocycles. The minimum Gasteiger partial charge on any atom is -0.508 e. The van der Waals surface area contributed by atoms with Gasteiger partial charge in [0.15, 0.2) is 0 Å². The van der Waals surface area contributed by atoms with Gasteiger partial charge in [-0.2, -0.15) is 0 Å². The Labute approximate surface area is 129 Å². The molecule has 0 radical (unpaired) electrons. The SMILES string of the molecule is CCNC(C)c1ccc(N2CC(C)CC(C)C2C)cc1O. The van der Waals surface area contributed by atoms with Crippen LogP contribution in [-0.4, -0.2) is 24.2 Å². The summed E-state index contributed by atoms with van der Waals surface area (Å²) in [5.74, 6) is 1.80. The second-order valence-electron chi connectivity index (χ2n) is 6.73. The first-order valence-electron chi connectivity index (χ1n) is 8.27. The minimum absolute atomic E-state index is 0.181. The summed E-state index contributed by atoms with van der Waals surface area (Å²) in [6, 6.07) is 6.86. The van der Waals surface area contributed by atoms with Crippen LogP contribution < -0.4 is 10.2 Å². The Hall–Kier alpha value is -1.22. The second kappa shape index (κ2) is 6.69. The molecule has 3 nitrogen and oxygen atoms in total. The van der Waals surface area contributed by atoms with Crippen LogP contribution in [0.15, 0.2) is 18.2 Å². The lowest BCUT2D eigenvalue weighted by Crippen LogP contribution is -2.45. The molecule has 118 valence electrons. The molecule has 4 unspecified atom stereocenters. The Morgan fingerprint density at radius 3 is 2.67 bits per heavy atom. The predicted molar refractivity (Wildman–Crippen MR) is 90.0 cm³/mol. The third kappa shape index (κ3) is 3.52. The Morgan fingerprint density at radius 2 is 2.05 bits per heavy atom. The molecule has 1 saturated heterocycles. The van der Waals surface area contributed by atoms with Crippen molar-refractivity contribution >= 4 is 5.69 Å². The summed E-state index contributed by atoms with van der Waals surface area (Å²) < 4.78 is 0. The van der Waals surface area contributed by atoms with Gasteiger partial charge in [-0.25, -0.2) is 0 Å². The van der Waals surface area contributed by atoms with Crippen molar-refractivity contribution in [2.75, 3.05) is 18.0 Å². The molecule has 0 bridgehead atoms. The van der Waals surface area contributed by atoms with Gasteiger partial charge >= 0.3 is 0 Å². The maximum Gasteiger partial charge on any atom is 0.122 e. The summed E-state index contributed by atoms with van der Waals surface area (Å²) in [5.41, 5.74) is 2.12. The lowest BCUT2D eigenvalue weighted by atomic mass is 9.85. The highest BCUT2D eigenvalue weighted by Crippen LogP contribution is 2.35. The van der Waals surface area contributed by atoms with Crippen LogP contribution in [0.3, 0.4) is 0 Å². The molecule has 1 fully saturated rings. The first kappa shape index (κ1) is 16.2. The summed E-state index contributed by atoms with van der Waals surface area (Å²) in [4.78, 5) is 2.44. The van der Waals surface area contributed by atoms with E-state index in [0.717, 1.165) is 24.3 Å². The average Bonchev–Trinajstić information content (AvgIpc) is 2.42. The van der Waals surface area contributed by atoms with E-state index in [0.29, 0.717) is 23.6 Å². The zero-order chi connectivity index (χ0) is 15.6. The van der Waals surface area contributed by atoms with Gasteiger partial charge in [-0.05, 0) is 44.7 Å². The third-order valence-electron chi connectivity index (χ3n) is 4.92. The maximum absolute atomic E-state index is 10.4. The van der Waals surface area contributed by atoms with Crippen LogP contribution in [0.1, 0.15) is 52.6 Å². The van der Waals surface area contributed by atoms with Gasteiger partial charge in [-0.15, -0.1) is 0 Å². The zero-order valence-electron chi connectivity index (χ0n) is 14.1. The quantitative estimate of drug-likeness (QED) is 0.882. The molecule has 1 aromatic rings. The molecule has 0 amide bonds. The van der Waals surface area contributed by atoms with Crippen molar-refractivity contribution in [3.05, 3.63) is 23.8 Å². The number of piperidine rings is 1. The van der Waals surface area contributed by atoms with Crippen LogP contribution in [0.5, 0.6) is 5.75 Å². The summed E-state index contributed by atoms with van der Waals surface area (Å²) in [7, 11) is 0. The van der Waals surface area contributed by atoms with E-state index in [2.05, 4.69) is 57.0 Å². The van der Waals surface area contributed by atoms with Crippen molar-refractivity contribution in [3.63, 3.8) is 0 Å². The molecular formula is C18H30N2O. The lowest BCUT2D eigenvalue weighted by molar-refractivity contribution is 0.297. The van der Waals surface area contributed by atoms with Crippen molar-refractivity contribution in [1.29, 1.82) is 0 Å². The van der Waals surface area contributed by atoms with Gasteiger partial charge in [0.05, 0.1) is 0 Å². The van der Waals surface area contributed by atoms with Crippen molar-refractivity contribution < 1.29 is 5.11 Å². The van der Waals surface area contributed by atoms with E-state index in [-0.39, 0.29) is 6.04 Å². The van der Waals surface area contributed by atoms with E-state index in [9.17, 15) is 5.11 Å². The fraction of sp³-hybridized carbons (Fsp3) is 0.667. The van der Waals surface area contributed by atoms with E-state index in [1.165, 1.54) is 6.42 Å². The molecule has 0 aromatic heterocycles. The van der Waals surface area contributed by atoms with Crippen LogP contribution >= 0.6 is 0 Å². The molecule has 1 heterocycles. The monoisotopic (exact) mass is 290 g/mol. The minimum atomic E-state index is 0.181. The molecule has 21 heavy (non-hydrogen) atoms. The molecule has 1 aromatic carbocycles. The fourth-order valence-electron chi connectivity index (χ4n) is 3.55. The highest BCUT2D eigenvalue weighted by atomic mass is 16.3. The summed E-state index contributed by atoms with van der Waals surface area (Å²) in [6.07, 6.45) is 1.29. The molecule has 3 heteroatoms. The number of benzene rings is 1. The van der Waals surface area contributed by atoms with Crippen molar-refractivity contribution in [1.82, 2.24) is 5.32 Å². The highest BCUT2D eigenvalue weighted by molar-refractivity contribution is 5.55. The number of hydrogen-bond donors (Lipinski definition) is 2. The van der Waals surface area contributed by atoms with Crippen molar-refractivity contribution in [2.45, 2.75) is 53.1 Å². The number of anilines is 1. The number of nitrogens with zero attached hydrogens (tertiary/aromatic N) is 1. The van der Waals surface area contributed by atoms with E-state index >= 15 is 0 Å². The lowest BCUT2D eigenvalue weighted by Gasteiger charge is -2.42. The van der Waals surface area contributed by atoms with E-state index in [1.54, 1.807) is 0 Å². The number of hydrogen-bond acceptors (Lipinski definition) is 3. The first-order chi connectivity index (χ1) is 9.93.